The van der Waals surface area contributed by atoms with Crippen LogP contribution in [0.25, 0.3) is 65.9 Å². The third-order valence-electron chi connectivity index (χ3n) is 9.51. The molecule has 7 aromatic rings. The molecule has 2 nitrogen and oxygen atoms in total. The molecule has 0 spiro atoms. The van der Waals surface area contributed by atoms with Crippen LogP contribution in [-0.4, -0.2) is 9.13 Å². The molecular weight excluding hydrogens is 532 g/mol. The molecule has 0 unspecified atom stereocenters. The minimum atomic E-state index is 1.03. The van der Waals surface area contributed by atoms with Crippen molar-refractivity contribution in [3.8, 4) is 22.3 Å². The second-order valence-corrected chi connectivity index (χ2v) is 12.4. The van der Waals surface area contributed by atoms with Crippen molar-refractivity contribution in [2.24, 2.45) is 0 Å². The van der Waals surface area contributed by atoms with Crippen LogP contribution in [0.1, 0.15) is 65.2 Å². The molecular formula is C42H44N2. The zero-order valence-corrected chi connectivity index (χ0v) is 26.4. The van der Waals surface area contributed by atoms with Gasteiger partial charge in [0.05, 0.1) is 11.0 Å². The van der Waals surface area contributed by atoms with E-state index < -0.39 is 0 Å². The van der Waals surface area contributed by atoms with Gasteiger partial charge in [-0.15, -0.1) is 0 Å². The number of rotatable bonds is 12. The maximum Gasteiger partial charge on any atom is 0.0585 e. The van der Waals surface area contributed by atoms with Gasteiger partial charge in [0.1, 0.15) is 0 Å². The molecule has 5 aromatic carbocycles. The smallest absolute Gasteiger partial charge is 0.0585 e. The van der Waals surface area contributed by atoms with Gasteiger partial charge in [-0.3, -0.25) is 0 Å². The largest absolute Gasteiger partial charge is 0.340 e. The van der Waals surface area contributed by atoms with Crippen molar-refractivity contribution in [3.63, 3.8) is 0 Å². The van der Waals surface area contributed by atoms with E-state index >= 15 is 0 Å². The Kier molecular flexibility index (Phi) is 8.24. The fraction of sp³-hybridized carbons (Fsp3) is 0.286. The molecule has 0 radical (unpaired) electrons. The Labute approximate surface area is 261 Å². The topological polar surface area (TPSA) is 9.86 Å². The lowest BCUT2D eigenvalue weighted by molar-refractivity contribution is 0.602. The molecule has 2 heterocycles. The molecule has 2 heteroatoms. The Bertz CT molecular complexity index is 1880. The van der Waals surface area contributed by atoms with Gasteiger partial charge in [-0.05, 0) is 36.1 Å². The zero-order chi connectivity index (χ0) is 29.9. The number of fused-ring (bicyclic) bond motifs is 6. The van der Waals surface area contributed by atoms with Gasteiger partial charge in [-0.1, -0.05) is 149 Å². The molecule has 0 saturated carbocycles. The maximum atomic E-state index is 2.67. The predicted molar refractivity (Wildman–Crippen MR) is 192 cm³/mol. The lowest BCUT2D eigenvalue weighted by atomic mass is 9.90. The van der Waals surface area contributed by atoms with Crippen molar-refractivity contribution < 1.29 is 0 Å². The normalized spacial score (nSPS) is 11.9. The molecule has 0 aliphatic rings. The van der Waals surface area contributed by atoms with Gasteiger partial charge in [0.15, 0.2) is 0 Å². The monoisotopic (exact) mass is 576 g/mol. The van der Waals surface area contributed by atoms with Gasteiger partial charge in [-0.2, -0.15) is 0 Å². The van der Waals surface area contributed by atoms with Crippen LogP contribution < -0.4 is 0 Å². The third-order valence-corrected chi connectivity index (χ3v) is 9.51. The number of benzene rings is 5. The molecule has 0 bridgehead atoms. The summed E-state index contributed by atoms with van der Waals surface area (Å²) in [6.07, 6.45) is 9.97. The van der Waals surface area contributed by atoms with E-state index in [2.05, 4.69) is 132 Å². The molecule has 44 heavy (non-hydrogen) atoms. The minimum Gasteiger partial charge on any atom is -0.340 e. The van der Waals surface area contributed by atoms with E-state index in [4.69, 9.17) is 0 Å². The number of nitrogens with zero attached hydrogens (tertiary/aromatic N) is 2. The van der Waals surface area contributed by atoms with Crippen LogP contribution >= 0.6 is 0 Å². The molecule has 2 aromatic heterocycles. The van der Waals surface area contributed by atoms with Gasteiger partial charge in [0.2, 0.25) is 0 Å². The Balaban J connectivity index is 1.70. The summed E-state index contributed by atoms with van der Waals surface area (Å²) < 4.78 is 5.34. The van der Waals surface area contributed by atoms with Crippen LogP contribution in [0.2, 0.25) is 0 Å². The van der Waals surface area contributed by atoms with Crippen molar-refractivity contribution in [2.45, 2.75) is 78.3 Å². The first-order valence-corrected chi connectivity index (χ1v) is 16.9. The van der Waals surface area contributed by atoms with E-state index in [1.165, 1.54) is 117 Å². The molecule has 0 saturated heterocycles. The SMILES string of the molecule is CCCCCCn1c2ccccc2c2c(-c3ccccc3)c3c(c(-c4ccccc4)c21)c1ccccc1n3CCCCCC. The quantitative estimate of drug-likeness (QED) is 0.128. The molecule has 0 aliphatic heterocycles. The second kappa shape index (κ2) is 12.7. The maximum absolute atomic E-state index is 2.67. The van der Waals surface area contributed by atoms with E-state index in [0.29, 0.717) is 0 Å². The van der Waals surface area contributed by atoms with Crippen molar-refractivity contribution >= 4 is 43.6 Å². The highest BCUT2D eigenvalue weighted by atomic mass is 15.0. The second-order valence-electron chi connectivity index (χ2n) is 12.4. The number of unbranched alkanes of at least 4 members (excludes halogenated alkanes) is 6. The predicted octanol–water partition coefficient (Wildman–Crippen LogP) is 12.4. The highest BCUT2D eigenvalue weighted by Gasteiger charge is 2.27. The highest BCUT2D eigenvalue weighted by molar-refractivity contribution is 6.32. The lowest BCUT2D eigenvalue weighted by Gasteiger charge is -2.18. The Hall–Kier alpha value is -4.30. The first-order chi connectivity index (χ1) is 21.8. The van der Waals surface area contributed by atoms with Gasteiger partial charge in [-0.25, -0.2) is 0 Å². The van der Waals surface area contributed by atoms with Crippen LogP contribution in [0.4, 0.5) is 0 Å². The first-order valence-electron chi connectivity index (χ1n) is 16.9. The zero-order valence-electron chi connectivity index (χ0n) is 26.4. The number of aryl methyl sites for hydroxylation is 2. The Morgan fingerprint density at radius 3 is 1.20 bits per heavy atom. The molecule has 0 N–H and O–H groups in total. The number of aromatic nitrogens is 2. The Morgan fingerprint density at radius 1 is 0.409 bits per heavy atom. The van der Waals surface area contributed by atoms with Gasteiger partial charge in [0, 0.05) is 56.8 Å². The first kappa shape index (κ1) is 28.5. The molecule has 7 rings (SSSR count). The van der Waals surface area contributed by atoms with Crippen molar-refractivity contribution in [3.05, 3.63) is 109 Å². The highest BCUT2D eigenvalue weighted by Crippen LogP contribution is 2.50. The molecule has 222 valence electrons. The van der Waals surface area contributed by atoms with Crippen LogP contribution in [0.5, 0.6) is 0 Å². The van der Waals surface area contributed by atoms with Crippen molar-refractivity contribution in [1.29, 1.82) is 0 Å². The molecule has 0 fully saturated rings. The minimum absolute atomic E-state index is 1.03. The van der Waals surface area contributed by atoms with Crippen molar-refractivity contribution in [2.75, 3.05) is 0 Å². The number of hydrogen-bond donors (Lipinski definition) is 0. The summed E-state index contributed by atoms with van der Waals surface area (Å²) in [5, 5.41) is 5.51. The third kappa shape index (κ3) is 4.91. The fourth-order valence-electron chi connectivity index (χ4n) is 7.50. The van der Waals surface area contributed by atoms with Gasteiger partial charge < -0.3 is 9.13 Å². The van der Waals surface area contributed by atoms with Crippen LogP contribution in [-0.2, 0) is 13.1 Å². The Morgan fingerprint density at radius 2 is 0.795 bits per heavy atom. The van der Waals surface area contributed by atoms with Crippen molar-refractivity contribution in [1.82, 2.24) is 9.13 Å². The summed E-state index contributed by atoms with van der Waals surface area (Å²) in [6, 6.07) is 40.7. The standard InChI is InChI=1S/C42H44N2/c1-3-5-7-19-29-43-35-27-17-15-25-33(35)39-38(32-23-13-10-14-24-32)42-40(37(41(39)43)31-21-11-9-12-22-31)34-26-16-18-28-36(34)44(42)30-20-8-6-4-2/h9-18,21-28H,3-8,19-20,29-30H2,1-2H3. The van der Waals surface area contributed by atoms with Crippen LogP contribution in [0.15, 0.2) is 109 Å². The number of para-hydroxylation sites is 2. The van der Waals surface area contributed by atoms with Crippen LogP contribution in [0.3, 0.4) is 0 Å². The summed E-state index contributed by atoms with van der Waals surface area (Å²) in [5.41, 5.74) is 10.8. The average Bonchev–Trinajstić information content (AvgIpc) is 3.58. The number of hydrogen-bond acceptors (Lipinski definition) is 0. The van der Waals surface area contributed by atoms with E-state index in [-0.39, 0.29) is 0 Å². The summed E-state index contributed by atoms with van der Waals surface area (Å²) in [5.74, 6) is 0. The average molecular weight is 577 g/mol. The summed E-state index contributed by atoms with van der Waals surface area (Å²) >= 11 is 0. The summed E-state index contributed by atoms with van der Waals surface area (Å²) in [6.45, 7) is 6.65. The lowest BCUT2D eigenvalue weighted by Crippen LogP contribution is -2.02. The van der Waals surface area contributed by atoms with E-state index in [1.807, 2.05) is 0 Å². The van der Waals surface area contributed by atoms with E-state index in [1.54, 1.807) is 0 Å². The van der Waals surface area contributed by atoms with Gasteiger partial charge in [0.25, 0.3) is 0 Å². The molecule has 0 aliphatic carbocycles. The molecule has 0 amide bonds. The summed E-state index contributed by atoms with van der Waals surface area (Å²) in [4.78, 5) is 0. The molecule has 0 atom stereocenters. The van der Waals surface area contributed by atoms with Gasteiger partial charge >= 0.3 is 0 Å². The fourth-order valence-corrected chi connectivity index (χ4v) is 7.50. The van der Waals surface area contributed by atoms with E-state index in [9.17, 15) is 0 Å². The van der Waals surface area contributed by atoms with E-state index in [0.717, 1.165) is 13.1 Å². The van der Waals surface area contributed by atoms with Crippen LogP contribution in [0, 0.1) is 0 Å². The summed E-state index contributed by atoms with van der Waals surface area (Å²) in [7, 11) is 0.